The van der Waals surface area contributed by atoms with Gasteiger partial charge in [0.2, 0.25) is 5.91 Å². The third kappa shape index (κ3) is 4.45. The van der Waals surface area contributed by atoms with E-state index >= 15 is 0 Å². The van der Waals surface area contributed by atoms with Crippen LogP contribution in [0.15, 0.2) is 54.7 Å². The number of aromatic nitrogens is 1. The van der Waals surface area contributed by atoms with Gasteiger partial charge in [0, 0.05) is 31.0 Å². The van der Waals surface area contributed by atoms with E-state index in [2.05, 4.69) is 15.6 Å². The van der Waals surface area contributed by atoms with Gasteiger partial charge >= 0.3 is 0 Å². The molecule has 0 unspecified atom stereocenters. The number of benzene rings is 1. The summed E-state index contributed by atoms with van der Waals surface area (Å²) >= 11 is 0. The summed E-state index contributed by atoms with van der Waals surface area (Å²) in [6, 6.07) is 16.1. The molecule has 1 aromatic heterocycles. The molecule has 5 heteroatoms. The number of likely N-dealkylation sites (tertiary alicyclic amines) is 1. The van der Waals surface area contributed by atoms with Crippen LogP contribution < -0.4 is 10.6 Å². The minimum Gasteiger partial charge on any atom is -0.376 e. The maximum Gasteiger partial charge on any atom is 0.241 e. The Morgan fingerprint density at radius 2 is 1.83 bits per heavy atom. The van der Waals surface area contributed by atoms with Gasteiger partial charge in [0.05, 0.1) is 6.54 Å². The highest BCUT2D eigenvalue weighted by molar-refractivity contribution is 5.81. The number of nitrogens with zero attached hydrogens (tertiary/aromatic N) is 2. The lowest BCUT2D eigenvalue weighted by molar-refractivity contribution is -0.130. The van der Waals surface area contributed by atoms with E-state index in [9.17, 15) is 4.79 Å². The Balaban J connectivity index is 1.42. The number of para-hydroxylation sites is 1. The molecule has 0 atom stereocenters. The van der Waals surface area contributed by atoms with E-state index in [4.69, 9.17) is 0 Å². The summed E-state index contributed by atoms with van der Waals surface area (Å²) in [6.45, 7) is 1.93. The number of anilines is 2. The molecule has 2 aromatic rings. The molecule has 0 bridgehead atoms. The Hall–Kier alpha value is -2.56. The number of carbonyl (C=O) groups excluding carboxylic acids is 1. The zero-order valence-electron chi connectivity index (χ0n) is 13.1. The van der Waals surface area contributed by atoms with Gasteiger partial charge in [-0.3, -0.25) is 4.79 Å². The topological polar surface area (TPSA) is 57.3 Å². The van der Waals surface area contributed by atoms with Crippen molar-refractivity contribution in [1.82, 2.24) is 9.88 Å². The molecule has 2 N–H and O–H groups in total. The molecule has 1 amide bonds. The van der Waals surface area contributed by atoms with E-state index in [0.29, 0.717) is 12.6 Å². The Labute approximate surface area is 136 Å². The number of hydrogen-bond acceptors (Lipinski definition) is 4. The van der Waals surface area contributed by atoms with E-state index < -0.39 is 0 Å². The normalized spacial score (nSPS) is 15.2. The summed E-state index contributed by atoms with van der Waals surface area (Å²) in [6.07, 6.45) is 3.69. The maximum absolute atomic E-state index is 12.3. The second-order valence-corrected chi connectivity index (χ2v) is 5.73. The Kier molecular flexibility index (Phi) is 5.09. The fraction of sp³-hybridized carbons (Fsp3) is 0.333. The highest BCUT2D eigenvalue weighted by Gasteiger charge is 2.22. The minimum atomic E-state index is 0.158. The van der Waals surface area contributed by atoms with E-state index in [0.717, 1.165) is 37.4 Å². The van der Waals surface area contributed by atoms with Gasteiger partial charge in [-0.05, 0) is 37.1 Å². The first kappa shape index (κ1) is 15.3. The van der Waals surface area contributed by atoms with Crippen molar-refractivity contribution in [3.05, 3.63) is 54.7 Å². The molecule has 2 heterocycles. The average molecular weight is 310 g/mol. The summed E-state index contributed by atoms with van der Waals surface area (Å²) in [5.41, 5.74) is 0.979. The molecule has 120 valence electrons. The van der Waals surface area contributed by atoms with Crippen molar-refractivity contribution in [2.75, 3.05) is 30.3 Å². The van der Waals surface area contributed by atoms with Crippen molar-refractivity contribution in [1.29, 1.82) is 0 Å². The van der Waals surface area contributed by atoms with Gasteiger partial charge < -0.3 is 15.5 Å². The second-order valence-electron chi connectivity index (χ2n) is 5.73. The zero-order chi connectivity index (χ0) is 15.9. The predicted octanol–water partition coefficient (Wildman–Crippen LogP) is 2.60. The Morgan fingerprint density at radius 3 is 2.52 bits per heavy atom. The van der Waals surface area contributed by atoms with Crippen LogP contribution in [-0.2, 0) is 4.79 Å². The van der Waals surface area contributed by atoms with Gasteiger partial charge in [0.25, 0.3) is 0 Å². The van der Waals surface area contributed by atoms with Crippen LogP contribution in [-0.4, -0.2) is 41.5 Å². The number of piperidine rings is 1. The van der Waals surface area contributed by atoms with Crippen LogP contribution in [0.1, 0.15) is 12.8 Å². The molecule has 1 saturated heterocycles. The summed E-state index contributed by atoms with van der Waals surface area (Å²) in [7, 11) is 0. The third-order valence-corrected chi connectivity index (χ3v) is 4.08. The molecule has 3 rings (SSSR count). The average Bonchev–Trinajstić information content (AvgIpc) is 2.62. The smallest absolute Gasteiger partial charge is 0.241 e. The van der Waals surface area contributed by atoms with Gasteiger partial charge in [0.1, 0.15) is 5.82 Å². The van der Waals surface area contributed by atoms with Crippen molar-refractivity contribution < 1.29 is 4.79 Å². The lowest BCUT2D eigenvalue weighted by Gasteiger charge is -2.32. The van der Waals surface area contributed by atoms with Crippen LogP contribution in [0.5, 0.6) is 0 Å². The summed E-state index contributed by atoms with van der Waals surface area (Å²) < 4.78 is 0. The molecule has 0 spiro atoms. The van der Waals surface area contributed by atoms with Gasteiger partial charge in [-0.1, -0.05) is 24.3 Å². The van der Waals surface area contributed by atoms with E-state index in [1.807, 2.05) is 53.4 Å². The van der Waals surface area contributed by atoms with Crippen molar-refractivity contribution in [2.24, 2.45) is 0 Å². The molecule has 5 nitrogen and oxygen atoms in total. The highest BCUT2D eigenvalue weighted by Crippen LogP contribution is 2.15. The van der Waals surface area contributed by atoms with Crippen LogP contribution in [0, 0.1) is 0 Å². The van der Waals surface area contributed by atoms with Gasteiger partial charge in [-0.25, -0.2) is 4.98 Å². The lowest BCUT2D eigenvalue weighted by atomic mass is 10.0. The van der Waals surface area contributed by atoms with E-state index in [1.165, 1.54) is 0 Å². The van der Waals surface area contributed by atoms with E-state index in [1.54, 1.807) is 6.20 Å². The summed E-state index contributed by atoms with van der Waals surface area (Å²) in [5.74, 6) is 1.06. The molecule has 1 aromatic carbocycles. The molecular weight excluding hydrogens is 288 g/mol. The molecule has 23 heavy (non-hydrogen) atoms. The number of amides is 1. The van der Waals surface area contributed by atoms with E-state index in [-0.39, 0.29) is 5.91 Å². The predicted molar refractivity (Wildman–Crippen MR) is 92.4 cm³/mol. The molecule has 0 saturated carbocycles. The van der Waals surface area contributed by atoms with Crippen molar-refractivity contribution in [3.8, 4) is 0 Å². The van der Waals surface area contributed by atoms with Crippen molar-refractivity contribution >= 4 is 17.4 Å². The molecule has 1 aliphatic heterocycles. The number of pyridine rings is 1. The SMILES string of the molecule is O=C(CNc1ccccc1)N1CCC(Nc2ccccn2)CC1. The van der Waals surface area contributed by atoms with Gasteiger partial charge in [-0.15, -0.1) is 0 Å². The molecule has 0 radical (unpaired) electrons. The summed E-state index contributed by atoms with van der Waals surface area (Å²) in [5, 5.41) is 6.61. The fourth-order valence-corrected chi connectivity index (χ4v) is 2.78. The largest absolute Gasteiger partial charge is 0.376 e. The number of rotatable bonds is 5. The van der Waals surface area contributed by atoms with Crippen LogP contribution >= 0.6 is 0 Å². The fourth-order valence-electron chi connectivity index (χ4n) is 2.78. The first-order valence-electron chi connectivity index (χ1n) is 8.05. The van der Waals surface area contributed by atoms with Crippen LogP contribution in [0.3, 0.4) is 0 Å². The molecular formula is C18H22N4O. The first-order chi connectivity index (χ1) is 11.3. The number of nitrogens with one attached hydrogen (secondary N) is 2. The third-order valence-electron chi connectivity index (χ3n) is 4.08. The van der Waals surface area contributed by atoms with Crippen molar-refractivity contribution in [2.45, 2.75) is 18.9 Å². The molecule has 1 fully saturated rings. The van der Waals surface area contributed by atoms with Gasteiger partial charge in [-0.2, -0.15) is 0 Å². The van der Waals surface area contributed by atoms with Crippen LogP contribution in [0.2, 0.25) is 0 Å². The second kappa shape index (κ2) is 7.63. The number of hydrogen-bond donors (Lipinski definition) is 2. The summed E-state index contributed by atoms with van der Waals surface area (Å²) in [4.78, 5) is 18.5. The Morgan fingerprint density at radius 1 is 1.09 bits per heavy atom. The zero-order valence-corrected chi connectivity index (χ0v) is 13.1. The quantitative estimate of drug-likeness (QED) is 0.891. The van der Waals surface area contributed by atoms with Crippen LogP contribution in [0.25, 0.3) is 0 Å². The first-order valence-corrected chi connectivity index (χ1v) is 8.05. The lowest BCUT2D eigenvalue weighted by Crippen LogP contribution is -2.44. The standard InChI is InChI=1S/C18H22N4O/c23-18(14-20-15-6-2-1-3-7-15)22-12-9-16(10-13-22)21-17-8-4-5-11-19-17/h1-8,11,16,20H,9-10,12-14H2,(H,19,21). The van der Waals surface area contributed by atoms with Gasteiger partial charge in [0.15, 0.2) is 0 Å². The molecule has 0 aliphatic carbocycles. The maximum atomic E-state index is 12.3. The highest BCUT2D eigenvalue weighted by atomic mass is 16.2. The molecule has 1 aliphatic rings. The minimum absolute atomic E-state index is 0.158. The monoisotopic (exact) mass is 310 g/mol. The van der Waals surface area contributed by atoms with Crippen molar-refractivity contribution in [3.63, 3.8) is 0 Å². The van der Waals surface area contributed by atoms with Crippen LogP contribution in [0.4, 0.5) is 11.5 Å². The number of carbonyl (C=O) groups is 1. The Bertz CT molecular complexity index is 609.